The van der Waals surface area contributed by atoms with Gasteiger partial charge in [0.05, 0.1) is 6.61 Å². The number of amides is 1. The summed E-state index contributed by atoms with van der Waals surface area (Å²) in [6.45, 7) is 2.65. The van der Waals surface area contributed by atoms with Gasteiger partial charge in [0.25, 0.3) is 5.91 Å². The average molecular weight is 238 g/mol. The van der Waals surface area contributed by atoms with E-state index in [0.29, 0.717) is 24.5 Å². The lowest BCUT2D eigenvalue weighted by atomic mass is 10.3. The number of nitrogens with zero attached hydrogens (tertiary/aromatic N) is 1. The van der Waals surface area contributed by atoms with Gasteiger partial charge in [0.2, 0.25) is 0 Å². The molecule has 5 nitrogen and oxygen atoms in total. The van der Waals surface area contributed by atoms with Crippen LogP contribution < -0.4 is 10.5 Å². The Morgan fingerprint density at radius 1 is 1.53 bits per heavy atom. The molecule has 0 atom stereocenters. The van der Waals surface area contributed by atoms with Gasteiger partial charge in [0.15, 0.2) is 6.61 Å². The molecule has 0 heterocycles. The summed E-state index contributed by atoms with van der Waals surface area (Å²) < 4.78 is 5.32. The van der Waals surface area contributed by atoms with E-state index in [4.69, 9.17) is 15.6 Å². The first kappa shape index (κ1) is 13.3. The molecule has 0 unspecified atom stereocenters. The third kappa shape index (κ3) is 4.32. The number of nitrogens with two attached hydrogens (primary N) is 1. The van der Waals surface area contributed by atoms with E-state index >= 15 is 0 Å². The average Bonchev–Trinajstić information content (AvgIpc) is 2.33. The molecule has 17 heavy (non-hydrogen) atoms. The second-order valence-electron chi connectivity index (χ2n) is 3.56. The highest BCUT2D eigenvalue weighted by Gasteiger charge is 2.11. The highest BCUT2D eigenvalue weighted by atomic mass is 16.5. The van der Waals surface area contributed by atoms with Crippen LogP contribution in [-0.4, -0.2) is 42.2 Å². The van der Waals surface area contributed by atoms with Crippen molar-refractivity contribution in [3.63, 3.8) is 0 Å². The zero-order valence-electron chi connectivity index (χ0n) is 9.93. The van der Waals surface area contributed by atoms with Crippen LogP contribution in [0.25, 0.3) is 0 Å². The van der Waals surface area contributed by atoms with Crippen molar-refractivity contribution in [2.45, 2.75) is 6.92 Å². The normalized spacial score (nSPS) is 10.0. The van der Waals surface area contributed by atoms with E-state index in [1.807, 2.05) is 6.92 Å². The fourth-order valence-corrected chi connectivity index (χ4v) is 1.42. The number of hydrogen-bond donors (Lipinski definition) is 2. The molecule has 0 aliphatic rings. The molecule has 0 fully saturated rings. The van der Waals surface area contributed by atoms with Gasteiger partial charge in [-0.15, -0.1) is 0 Å². The van der Waals surface area contributed by atoms with Crippen molar-refractivity contribution in [2.24, 2.45) is 0 Å². The predicted octanol–water partition coefficient (Wildman–Crippen LogP) is 0.488. The van der Waals surface area contributed by atoms with Crippen LogP contribution in [0.2, 0.25) is 0 Å². The van der Waals surface area contributed by atoms with E-state index in [1.54, 1.807) is 24.3 Å². The highest BCUT2D eigenvalue weighted by molar-refractivity contribution is 5.77. The van der Waals surface area contributed by atoms with Crippen molar-refractivity contribution < 1.29 is 14.6 Å². The molecule has 0 aromatic heterocycles. The molecule has 1 amide bonds. The van der Waals surface area contributed by atoms with Crippen molar-refractivity contribution >= 4 is 11.6 Å². The summed E-state index contributed by atoms with van der Waals surface area (Å²) in [5, 5.41) is 8.79. The fourth-order valence-electron chi connectivity index (χ4n) is 1.42. The van der Waals surface area contributed by atoms with Crippen LogP contribution in [0, 0.1) is 0 Å². The standard InChI is InChI=1S/C12H18N2O3/c1-2-14(6-7-15)12(16)9-17-11-5-3-4-10(13)8-11/h3-5,8,15H,2,6-7,9,13H2,1H3. The monoisotopic (exact) mass is 238 g/mol. The summed E-state index contributed by atoms with van der Waals surface area (Å²) in [5.41, 5.74) is 6.19. The number of benzene rings is 1. The molecular weight excluding hydrogens is 220 g/mol. The first-order valence-corrected chi connectivity index (χ1v) is 5.54. The topological polar surface area (TPSA) is 75.8 Å². The third-order valence-corrected chi connectivity index (χ3v) is 2.32. The lowest BCUT2D eigenvalue weighted by Crippen LogP contribution is -2.36. The molecule has 0 saturated heterocycles. The first-order valence-electron chi connectivity index (χ1n) is 5.54. The number of aliphatic hydroxyl groups excluding tert-OH is 1. The maximum atomic E-state index is 11.7. The van der Waals surface area contributed by atoms with Crippen LogP contribution in [0.1, 0.15) is 6.92 Å². The SMILES string of the molecule is CCN(CCO)C(=O)COc1cccc(N)c1. The quantitative estimate of drug-likeness (QED) is 0.707. The Kier molecular flexibility index (Phi) is 5.29. The van der Waals surface area contributed by atoms with E-state index in [2.05, 4.69) is 0 Å². The van der Waals surface area contributed by atoms with Gasteiger partial charge in [-0.25, -0.2) is 0 Å². The van der Waals surface area contributed by atoms with Gasteiger partial charge < -0.3 is 20.5 Å². The van der Waals surface area contributed by atoms with Crippen LogP contribution >= 0.6 is 0 Å². The second-order valence-corrected chi connectivity index (χ2v) is 3.56. The van der Waals surface area contributed by atoms with Crippen LogP contribution in [0.3, 0.4) is 0 Å². The molecule has 94 valence electrons. The molecule has 1 aromatic carbocycles. The second kappa shape index (κ2) is 6.75. The van der Waals surface area contributed by atoms with Crippen molar-refractivity contribution in [2.75, 3.05) is 32.0 Å². The summed E-state index contributed by atoms with van der Waals surface area (Å²) in [5.74, 6) is 0.419. The van der Waals surface area contributed by atoms with E-state index in [9.17, 15) is 4.79 Å². The van der Waals surface area contributed by atoms with E-state index in [0.717, 1.165) is 0 Å². The summed E-state index contributed by atoms with van der Waals surface area (Å²) in [6.07, 6.45) is 0. The van der Waals surface area contributed by atoms with Gasteiger partial charge >= 0.3 is 0 Å². The van der Waals surface area contributed by atoms with E-state index in [-0.39, 0.29) is 19.1 Å². The number of hydrogen-bond acceptors (Lipinski definition) is 4. The summed E-state index contributed by atoms with van der Waals surface area (Å²) in [4.78, 5) is 13.2. The van der Waals surface area contributed by atoms with Crippen molar-refractivity contribution in [1.29, 1.82) is 0 Å². The van der Waals surface area contributed by atoms with Gasteiger partial charge in [0.1, 0.15) is 5.75 Å². The molecule has 5 heteroatoms. The molecule has 1 rings (SSSR count). The zero-order chi connectivity index (χ0) is 12.7. The maximum Gasteiger partial charge on any atom is 0.260 e. The minimum Gasteiger partial charge on any atom is -0.484 e. The minimum atomic E-state index is -0.149. The van der Waals surface area contributed by atoms with Crippen molar-refractivity contribution in [3.8, 4) is 5.75 Å². The molecule has 3 N–H and O–H groups in total. The smallest absolute Gasteiger partial charge is 0.260 e. The van der Waals surface area contributed by atoms with E-state index < -0.39 is 0 Å². The van der Waals surface area contributed by atoms with Gasteiger partial charge in [-0.2, -0.15) is 0 Å². The molecule has 0 aliphatic heterocycles. The molecule has 0 spiro atoms. The van der Waals surface area contributed by atoms with Crippen LogP contribution in [0.4, 0.5) is 5.69 Å². The Morgan fingerprint density at radius 2 is 2.29 bits per heavy atom. The van der Waals surface area contributed by atoms with Gasteiger partial charge in [-0.3, -0.25) is 4.79 Å². The molecule has 1 aromatic rings. The predicted molar refractivity (Wildman–Crippen MR) is 65.7 cm³/mol. The lowest BCUT2D eigenvalue weighted by molar-refractivity contribution is -0.133. The molecule has 0 radical (unpaired) electrons. The maximum absolute atomic E-state index is 11.7. The van der Waals surface area contributed by atoms with Gasteiger partial charge in [-0.1, -0.05) is 6.07 Å². The number of aliphatic hydroxyl groups is 1. The molecular formula is C12H18N2O3. The number of carbonyl (C=O) groups excluding carboxylic acids is 1. The summed E-state index contributed by atoms with van der Waals surface area (Å²) in [7, 11) is 0. The number of anilines is 1. The fraction of sp³-hybridized carbons (Fsp3) is 0.417. The van der Waals surface area contributed by atoms with E-state index in [1.165, 1.54) is 4.90 Å². The van der Waals surface area contributed by atoms with Gasteiger partial charge in [0, 0.05) is 24.8 Å². The summed E-state index contributed by atoms with van der Waals surface area (Å²) in [6, 6.07) is 6.92. The largest absolute Gasteiger partial charge is 0.484 e. The molecule has 0 bridgehead atoms. The Labute approximate surface area is 101 Å². The van der Waals surface area contributed by atoms with Crippen LogP contribution in [0.5, 0.6) is 5.75 Å². The van der Waals surface area contributed by atoms with Gasteiger partial charge in [-0.05, 0) is 19.1 Å². The Morgan fingerprint density at radius 3 is 2.88 bits per heavy atom. The first-order chi connectivity index (χ1) is 8.17. The van der Waals surface area contributed by atoms with Crippen LogP contribution in [0.15, 0.2) is 24.3 Å². The van der Waals surface area contributed by atoms with Crippen LogP contribution in [-0.2, 0) is 4.79 Å². The Bertz CT molecular complexity index is 369. The molecule has 0 aliphatic carbocycles. The number of likely N-dealkylation sites (N-methyl/N-ethyl adjacent to an activating group) is 1. The lowest BCUT2D eigenvalue weighted by Gasteiger charge is -2.19. The Hall–Kier alpha value is -1.75. The molecule has 0 saturated carbocycles. The third-order valence-electron chi connectivity index (χ3n) is 2.32. The Balaban J connectivity index is 2.47. The summed E-state index contributed by atoms with van der Waals surface area (Å²) >= 11 is 0. The zero-order valence-corrected chi connectivity index (χ0v) is 9.93. The number of ether oxygens (including phenoxy) is 1. The number of rotatable bonds is 6. The number of nitrogen functional groups attached to an aromatic ring is 1. The number of carbonyl (C=O) groups is 1. The van der Waals surface area contributed by atoms with Crippen molar-refractivity contribution in [3.05, 3.63) is 24.3 Å². The van der Waals surface area contributed by atoms with Crippen molar-refractivity contribution in [1.82, 2.24) is 4.90 Å². The highest BCUT2D eigenvalue weighted by Crippen LogP contribution is 2.14. The minimum absolute atomic E-state index is 0.0438.